The van der Waals surface area contributed by atoms with Crippen molar-refractivity contribution in [2.24, 2.45) is 0 Å². The largest absolute Gasteiger partial charge is 0.416 e. The van der Waals surface area contributed by atoms with Crippen molar-refractivity contribution in [1.82, 2.24) is 19.2 Å². The van der Waals surface area contributed by atoms with Gasteiger partial charge in [-0.25, -0.2) is 0 Å². The number of hydrogen-bond donors (Lipinski definition) is 1. The van der Waals surface area contributed by atoms with Crippen LogP contribution in [0, 0.1) is 6.92 Å². The molecule has 0 spiro atoms. The molecule has 7 nitrogen and oxygen atoms in total. The van der Waals surface area contributed by atoms with Crippen molar-refractivity contribution in [2.75, 3.05) is 5.32 Å². The smallest absolute Gasteiger partial charge is 0.325 e. The second-order valence-corrected chi connectivity index (χ2v) is 7.85. The third-order valence-corrected chi connectivity index (χ3v) is 5.56. The van der Waals surface area contributed by atoms with Gasteiger partial charge in [0.15, 0.2) is 5.82 Å². The Labute approximate surface area is 175 Å². The number of rotatable bonds is 4. The number of anilines is 1. The van der Waals surface area contributed by atoms with E-state index >= 15 is 0 Å². The summed E-state index contributed by atoms with van der Waals surface area (Å²) in [5.41, 5.74) is -0.628. The van der Waals surface area contributed by atoms with Crippen LogP contribution in [-0.4, -0.2) is 25.1 Å². The lowest BCUT2D eigenvalue weighted by Gasteiger charge is -2.17. The van der Waals surface area contributed by atoms with Gasteiger partial charge in [0, 0.05) is 23.4 Å². The Kier molecular flexibility index (Phi) is 5.55. The first-order valence-corrected chi connectivity index (χ1v) is 10.2. The number of nitrogens with zero attached hydrogens (tertiary/aromatic N) is 4. The van der Waals surface area contributed by atoms with E-state index in [-0.39, 0.29) is 29.5 Å². The van der Waals surface area contributed by atoms with E-state index in [1.165, 1.54) is 29.1 Å². The molecule has 2 heterocycles. The van der Waals surface area contributed by atoms with Crippen LogP contribution >= 0.6 is 0 Å². The van der Waals surface area contributed by atoms with Crippen molar-refractivity contribution in [3.8, 4) is 0 Å². The first kappa shape index (κ1) is 21.1. The highest BCUT2D eigenvalue weighted by atomic mass is 19.4. The quantitative estimate of drug-likeness (QED) is 0.677. The predicted molar refractivity (Wildman–Crippen MR) is 108 cm³/mol. The van der Waals surface area contributed by atoms with Crippen LogP contribution in [0.5, 0.6) is 0 Å². The standard InChI is InChI=1S/C21H22F3N5O2/c1-13-10-18(31)29-20(26-19(27-29)14-6-3-2-4-7-14)28(13)12-17(30)25-16-9-5-8-15(11-16)21(22,23)24/h5,8-11,14H,2-4,6-7,12H2,1H3,(H,25,30). The summed E-state index contributed by atoms with van der Waals surface area (Å²) in [4.78, 5) is 29.5. The Bertz CT molecular complexity index is 1180. The molecule has 31 heavy (non-hydrogen) atoms. The van der Waals surface area contributed by atoms with Crippen molar-refractivity contribution in [1.29, 1.82) is 0 Å². The highest BCUT2D eigenvalue weighted by Gasteiger charge is 2.30. The lowest BCUT2D eigenvalue weighted by Crippen LogP contribution is -2.25. The van der Waals surface area contributed by atoms with E-state index in [2.05, 4.69) is 15.4 Å². The summed E-state index contributed by atoms with van der Waals surface area (Å²) in [5.74, 6) is 0.495. The first-order valence-electron chi connectivity index (χ1n) is 10.2. The number of carbonyl (C=O) groups excluding carboxylic acids is 1. The highest BCUT2D eigenvalue weighted by molar-refractivity contribution is 5.90. The Morgan fingerprint density at radius 1 is 1.19 bits per heavy atom. The Morgan fingerprint density at radius 3 is 2.65 bits per heavy atom. The third kappa shape index (κ3) is 4.47. The van der Waals surface area contributed by atoms with E-state index in [9.17, 15) is 22.8 Å². The van der Waals surface area contributed by atoms with Gasteiger partial charge >= 0.3 is 6.18 Å². The topological polar surface area (TPSA) is 81.3 Å². The van der Waals surface area contributed by atoms with E-state index in [1.54, 1.807) is 11.5 Å². The molecule has 1 aliphatic carbocycles. The molecule has 1 amide bonds. The zero-order valence-corrected chi connectivity index (χ0v) is 16.9. The molecule has 1 aliphatic rings. The van der Waals surface area contributed by atoms with E-state index < -0.39 is 17.6 Å². The molecule has 0 saturated heterocycles. The van der Waals surface area contributed by atoms with Gasteiger partial charge in [0.25, 0.3) is 5.56 Å². The second-order valence-electron chi connectivity index (χ2n) is 7.85. The number of aryl methyl sites for hydroxylation is 1. The zero-order valence-electron chi connectivity index (χ0n) is 16.9. The van der Waals surface area contributed by atoms with E-state index in [4.69, 9.17) is 0 Å². The zero-order chi connectivity index (χ0) is 22.2. The predicted octanol–water partition coefficient (Wildman–Crippen LogP) is 3.90. The monoisotopic (exact) mass is 433 g/mol. The second kappa shape index (κ2) is 8.16. The van der Waals surface area contributed by atoms with Gasteiger partial charge in [-0.1, -0.05) is 25.3 Å². The van der Waals surface area contributed by atoms with Crippen LogP contribution in [0.15, 0.2) is 35.1 Å². The maximum Gasteiger partial charge on any atom is 0.416 e. The third-order valence-electron chi connectivity index (χ3n) is 5.56. The Hall–Kier alpha value is -3.17. The molecule has 1 fully saturated rings. The average molecular weight is 433 g/mol. The molecule has 1 saturated carbocycles. The summed E-state index contributed by atoms with van der Waals surface area (Å²) < 4.78 is 41.5. The molecule has 0 unspecified atom stereocenters. The number of halogens is 3. The molecule has 0 bridgehead atoms. The molecule has 3 aromatic rings. The van der Waals surface area contributed by atoms with Gasteiger partial charge in [-0.3, -0.25) is 9.59 Å². The molecule has 164 valence electrons. The Morgan fingerprint density at radius 2 is 1.94 bits per heavy atom. The Balaban J connectivity index is 1.61. The number of hydrogen-bond acceptors (Lipinski definition) is 4. The summed E-state index contributed by atoms with van der Waals surface area (Å²) in [5, 5.41) is 6.87. The SMILES string of the molecule is Cc1cc(=O)n2nc(C3CCCCC3)nc2n1CC(=O)Nc1cccc(C(F)(F)F)c1. The fourth-order valence-corrected chi connectivity index (χ4v) is 3.96. The first-order chi connectivity index (χ1) is 14.7. The van der Waals surface area contributed by atoms with Gasteiger partial charge in [-0.05, 0) is 38.0 Å². The van der Waals surface area contributed by atoms with Gasteiger partial charge in [0.1, 0.15) is 6.54 Å². The number of alkyl halides is 3. The van der Waals surface area contributed by atoms with Gasteiger partial charge in [-0.2, -0.15) is 22.7 Å². The number of amides is 1. The summed E-state index contributed by atoms with van der Waals surface area (Å²) in [6.45, 7) is 1.46. The van der Waals surface area contributed by atoms with Crippen molar-refractivity contribution < 1.29 is 18.0 Å². The maximum absolute atomic E-state index is 12.9. The maximum atomic E-state index is 12.9. The minimum absolute atomic E-state index is 0.0407. The van der Waals surface area contributed by atoms with Crippen molar-refractivity contribution in [3.05, 3.63) is 57.8 Å². The molecule has 0 atom stereocenters. The lowest BCUT2D eigenvalue weighted by atomic mass is 9.89. The summed E-state index contributed by atoms with van der Waals surface area (Å²) in [6.07, 6.45) is 0.761. The number of benzene rings is 1. The van der Waals surface area contributed by atoms with Gasteiger partial charge < -0.3 is 9.88 Å². The molecule has 0 aliphatic heterocycles. The van der Waals surface area contributed by atoms with Crippen LogP contribution in [-0.2, 0) is 17.5 Å². The normalized spacial score (nSPS) is 15.4. The van der Waals surface area contributed by atoms with E-state index in [0.717, 1.165) is 37.8 Å². The molecule has 10 heteroatoms. The minimum Gasteiger partial charge on any atom is -0.325 e. The van der Waals surface area contributed by atoms with E-state index in [1.807, 2.05) is 0 Å². The van der Waals surface area contributed by atoms with Gasteiger partial charge in [0.2, 0.25) is 11.7 Å². The molecular formula is C21H22F3N5O2. The van der Waals surface area contributed by atoms with Crippen LogP contribution < -0.4 is 10.9 Å². The molecule has 2 aromatic heterocycles. The van der Waals surface area contributed by atoms with Crippen LogP contribution in [0.2, 0.25) is 0 Å². The molecule has 4 rings (SSSR count). The highest BCUT2D eigenvalue weighted by Crippen LogP contribution is 2.31. The molecule has 1 N–H and O–H groups in total. The average Bonchev–Trinajstić information content (AvgIpc) is 3.17. The van der Waals surface area contributed by atoms with Gasteiger partial charge in [-0.15, -0.1) is 5.10 Å². The van der Waals surface area contributed by atoms with Crippen LogP contribution in [0.3, 0.4) is 0 Å². The van der Waals surface area contributed by atoms with Crippen molar-refractivity contribution in [2.45, 2.75) is 57.7 Å². The van der Waals surface area contributed by atoms with Gasteiger partial charge in [0.05, 0.1) is 5.56 Å². The van der Waals surface area contributed by atoms with Crippen molar-refractivity contribution in [3.63, 3.8) is 0 Å². The number of aromatic nitrogens is 4. The van der Waals surface area contributed by atoms with Crippen molar-refractivity contribution >= 4 is 17.4 Å². The van der Waals surface area contributed by atoms with Crippen LogP contribution in [0.25, 0.3) is 5.78 Å². The molecule has 0 radical (unpaired) electrons. The van der Waals surface area contributed by atoms with Crippen LogP contribution in [0.1, 0.15) is 55.1 Å². The number of carbonyl (C=O) groups is 1. The minimum atomic E-state index is -4.50. The fraction of sp³-hybridized carbons (Fsp3) is 0.429. The number of fused-ring (bicyclic) bond motifs is 1. The summed E-state index contributed by atoms with van der Waals surface area (Å²) in [7, 11) is 0. The molecule has 1 aromatic carbocycles. The molecular weight excluding hydrogens is 411 g/mol. The fourth-order valence-electron chi connectivity index (χ4n) is 3.96. The number of nitrogens with one attached hydrogen (secondary N) is 1. The van der Waals surface area contributed by atoms with Crippen LogP contribution in [0.4, 0.5) is 18.9 Å². The summed E-state index contributed by atoms with van der Waals surface area (Å²) in [6, 6.07) is 5.80. The van der Waals surface area contributed by atoms with E-state index in [0.29, 0.717) is 11.5 Å². The summed E-state index contributed by atoms with van der Waals surface area (Å²) >= 11 is 0. The lowest BCUT2D eigenvalue weighted by molar-refractivity contribution is -0.137.